The van der Waals surface area contributed by atoms with Crippen LogP contribution in [0.1, 0.15) is 36.7 Å². The molecule has 8 nitrogen and oxygen atoms in total. The van der Waals surface area contributed by atoms with Gasteiger partial charge in [-0.3, -0.25) is 19.1 Å². The Kier molecular flexibility index (Phi) is 4.06. The molecule has 0 saturated carbocycles. The SMILES string of the molecule is CCOC(=O)c1cn(-c2ccc3c(c2)N(C)C(=O)C3(C)C)c(=O)[nH]c1=O. The van der Waals surface area contributed by atoms with Crippen LogP contribution in [0.3, 0.4) is 0 Å². The quantitative estimate of drug-likeness (QED) is 0.825. The van der Waals surface area contributed by atoms with E-state index in [4.69, 9.17) is 4.74 Å². The first-order valence-corrected chi connectivity index (χ1v) is 8.14. The summed E-state index contributed by atoms with van der Waals surface area (Å²) in [5.41, 5.74) is -0.474. The summed E-state index contributed by atoms with van der Waals surface area (Å²) < 4.78 is 6.00. The Labute approximate surface area is 149 Å². The maximum atomic E-state index is 12.4. The number of anilines is 1. The Morgan fingerprint density at radius 1 is 1.23 bits per heavy atom. The number of nitrogens with zero attached hydrogens (tertiary/aromatic N) is 2. The van der Waals surface area contributed by atoms with Crippen molar-refractivity contribution in [3.8, 4) is 5.69 Å². The minimum absolute atomic E-state index is 0.0503. The van der Waals surface area contributed by atoms with E-state index in [1.165, 1.54) is 4.90 Å². The third-order valence-corrected chi connectivity index (χ3v) is 4.57. The number of ether oxygens (including phenoxy) is 1. The normalized spacial score (nSPS) is 15.1. The average Bonchev–Trinajstić information content (AvgIpc) is 2.75. The highest BCUT2D eigenvalue weighted by Gasteiger charge is 2.42. The number of nitrogens with one attached hydrogen (secondary N) is 1. The molecule has 8 heteroatoms. The number of aromatic amines is 1. The van der Waals surface area contributed by atoms with Crippen LogP contribution >= 0.6 is 0 Å². The van der Waals surface area contributed by atoms with E-state index in [-0.39, 0.29) is 18.1 Å². The molecule has 136 valence electrons. The molecule has 3 rings (SSSR count). The predicted molar refractivity (Wildman–Crippen MR) is 95.1 cm³/mol. The second-order valence-electron chi connectivity index (χ2n) is 6.58. The monoisotopic (exact) mass is 357 g/mol. The number of hydrogen-bond acceptors (Lipinski definition) is 5. The number of rotatable bonds is 3. The van der Waals surface area contributed by atoms with Crippen molar-refractivity contribution in [3.05, 3.63) is 56.4 Å². The molecule has 0 atom stereocenters. The summed E-state index contributed by atoms with van der Waals surface area (Å²) >= 11 is 0. The number of carbonyl (C=O) groups is 2. The molecule has 0 fully saturated rings. The zero-order chi connectivity index (χ0) is 19.2. The van der Waals surface area contributed by atoms with Crippen LogP contribution in [0, 0.1) is 0 Å². The largest absolute Gasteiger partial charge is 0.462 e. The second-order valence-corrected chi connectivity index (χ2v) is 6.58. The molecule has 2 aromatic rings. The molecule has 0 bridgehead atoms. The molecule has 1 aliphatic heterocycles. The molecule has 1 N–H and O–H groups in total. The fourth-order valence-corrected chi connectivity index (χ4v) is 3.14. The zero-order valence-electron chi connectivity index (χ0n) is 15.0. The first-order valence-electron chi connectivity index (χ1n) is 8.14. The fourth-order valence-electron chi connectivity index (χ4n) is 3.14. The van der Waals surface area contributed by atoms with Gasteiger partial charge in [-0.2, -0.15) is 0 Å². The van der Waals surface area contributed by atoms with E-state index < -0.39 is 22.6 Å². The molecule has 0 saturated heterocycles. The molecular weight excluding hydrogens is 338 g/mol. The molecule has 26 heavy (non-hydrogen) atoms. The third-order valence-electron chi connectivity index (χ3n) is 4.57. The lowest BCUT2D eigenvalue weighted by molar-refractivity contribution is -0.121. The molecule has 1 aromatic carbocycles. The number of esters is 1. The summed E-state index contributed by atoms with van der Waals surface area (Å²) in [6.07, 6.45) is 1.16. The van der Waals surface area contributed by atoms with Crippen LogP contribution in [0.25, 0.3) is 5.69 Å². The van der Waals surface area contributed by atoms with Crippen LogP contribution in [0.5, 0.6) is 0 Å². The molecule has 2 heterocycles. The number of H-pyrrole nitrogens is 1. The summed E-state index contributed by atoms with van der Waals surface area (Å²) in [7, 11) is 1.67. The molecule has 0 radical (unpaired) electrons. The maximum absolute atomic E-state index is 12.4. The van der Waals surface area contributed by atoms with Crippen LogP contribution in [0.15, 0.2) is 34.0 Å². The van der Waals surface area contributed by atoms with E-state index in [0.717, 1.165) is 16.3 Å². The van der Waals surface area contributed by atoms with Gasteiger partial charge in [0.2, 0.25) is 5.91 Å². The predicted octanol–water partition coefficient (Wildman–Crippen LogP) is 0.956. The van der Waals surface area contributed by atoms with Crippen molar-refractivity contribution >= 4 is 17.6 Å². The number of carbonyl (C=O) groups excluding carboxylic acids is 2. The Hall–Kier alpha value is -3.16. The summed E-state index contributed by atoms with van der Waals surface area (Å²) in [5.74, 6) is -0.859. The van der Waals surface area contributed by atoms with Gasteiger partial charge in [0.05, 0.1) is 17.7 Å². The van der Waals surface area contributed by atoms with Gasteiger partial charge in [-0.1, -0.05) is 6.07 Å². The van der Waals surface area contributed by atoms with Gasteiger partial charge in [0.15, 0.2) is 0 Å². The van der Waals surface area contributed by atoms with Crippen molar-refractivity contribution in [2.45, 2.75) is 26.2 Å². The zero-order valence-corrected chi connectivity index (χ0v) is 15.0. The van der Waals surface area contributed by atoms with Gasteiger partial charge in [0.1, 0.15) is 5.56 Å². The van der Waals surface area contributed by atoms with Crippen molar-refractivity contribution in [3.63, 3.8) is 0 Å². The molecule has 0 spiro atoms. The maximum Gasteiger partial charge on any atom is 0.345 e. The lowest BCUT2D eigenvalue weighted by Crippen LogP contribution is -2.33. The van der Waals surface area contributed by atoms with Crippen molar-refractivity contribution in [1.82, 2.24) is 9.55 Å². The number of benzene rings is 1. The van der Waals surface area contributed by atoms with Crippen LogP contribution in [-0.4, -0.2) is 35.1 Å². The smallest absolute Gasteiger partial charge is 0.345 e. The lowest BCUT2D eigenvalue weighted by Gasteiger charge is -2.16. The van der Waals surface area contributed by atoms with Gasteiger partial charge in [-0.05, 0) is 38.5 Å². The second kappa shape index (κ2) is 5.98. The van der Waals surface area contributed by atoms with Crippen LogP contribution < -0.4 is 16.1 Å². The summed E-state index contributed by atoms with van der Waals surface area (Å²) in [6.45, 7) is 5.40. The lowest BCUT2D eigenvalue weighted by atomic mass is 9.86. The summed E-state index contributed by atoms with van der Waals surface area (Å²) in [5, 5.41) is 0. The first-order chi connectivity index (χ1) is 12.2. The number of hydrogen-bond donors (Lipinski definition) is 1. The van der Waals surface area contributed by atoms with E-state index >= 15 is 0 Å². The van der Waals surface area contributed by atoms with Crippen LogP contribution in [0.4, 0.5) is 5.69 Å². The van der Waals surface area contributed by atoms with E-state index in [0.29, 0.717) is 11.4 Å². The third kappa shape index (κ3) is 2.54. The topological polar surface area (TPSA) is 101 Å². The van der Waals surface area contributed by atoms with Crippen molar-refractivity contribution in [2.75, 3.05) is 18.6 Å². The Morgan fingerprint density at radius 3 is 2.58 bits per heavy atom. The van der Waals surface area contributed by atoms with Crippen molar-refractivity contribution in [1.29, 1.82) is 0 Å². The molecule has 1 amide bonds. The number of fused-ring (bicyclic) bond motifs is 1. The molecular formula is C18H19N3O5. The van der Waals surface area contributed by atoms with Crippen molar-refractivity contribution < 1.29 is 14.3 Å². The van der Waals surface area contributed by atoms with Gasteiger partial charge in [0.25, 0.3) is 5.56 Å². The minimum Gasteiger partial charge on any atom is -0.462 e. The summed E-state index contributed by atoms with van der Waals surface area (Å²) in [4.78, 5) is 52.1. The number of aromatic nitrogens is 2. The average molecular weight is 357 g/mol. The van der Waals surface area contributed by atoms with Gasteiger partial charge < -0.3 is 9.64 Å². The Morgan fingerprint density at radius 2 is 1.92 bits per heavy atom. The first kappa shape index (κ1) is 17.7. The minimum atomic E-state index is -0.808. The van der Waals surface area contributed by atoms with Crippen molar-refractivity contribution in [2.24, 2.45) is 0 Å². The molecule has 1 aromatic heterocycles. The van der Waals surface area contributed by atoms with E-state index in [9.17, 15) is 19.2 Å². The molecule has 0 aliphatic carbocycles. The van der Waals surface area contributed by atoms with Gasteiger partial charge in [0, 0.05) is 18.9 Å². The Bertz CT molecular complexity index is 1030. The Balaban J connectivity index is 2.16. The van der Waals surface area contributed by atoms with Crippen LogP contribution in [-0.2, 0) is 14.9 Å². The van der Waals surface area contributed by atoms with E-state index in [1.807, 2.05) is 13.8 Å². The fraction of sp³-hybridized carbons (Fsp3) is 0.333. The highest BCUT2D eigenvalue weighted by Crippen LogP contribution is 2.41. The molecule has 0 unspecified atom stereocenters. The van der Waals surface area contributed by atoms with E-state index in [2.05, 4.69) is 4.98 Å². The van der Waals surface area contributed by atoms with Gasteiger partial charge >= 0.3 is 11.7 Å². The number of likely N-dealkylation sites (N-methyl/N-ethyl adjacent to an activating group) is 1. The standard InChI is InChI=1S/C18H19N3O5/c1-5-26-15(23)11-9-21(17(25)19-14(11)22)10-6-7-12-13(8-10)20(4)16(24)18(12,2)3/h6-9H,5H2,1-4H3,(H,19,22,25). The van der Waals surface area contributed by atoms with Gasteiger partial charge in [-0.15, -0.1) is 0 Å². The molecule has 1 aliphatic rings. The highest BCUT2D eigenvalue weighted by molar-refractivity contribution is 6.07. The highest BCUT2D eigenvalue weighted by atomic mass is 16.5. The number of amides is 1. The summed E-state index contributed by atoms with van der Waals surface area (Å²) in [6, 6.07) is 5.12. The van der Waals surface area contributed by atoms with Gasteiger partial charge in [-0.25, -0.2) is 9.59 Å². The van der Waals surface area contributed by atoms with E-state index in [1.54, 1.807) is 32.2 Å². The van der Waals surface area contributed by atoms with Crippen LogP contribution in [0.2, 0.25) is 0 Å².